The molecule has 0 aliphatic heterocycles. The highest BCUT2D eigenvalue weighted by molar-refractivity contribution is 4.83. The van der Waals surface area contributed by atoms with Gasteiger partial charge in [-0.1, -0.05) is 13.8 Å². The molecule has 64 valence electrons. The van der Waals surface area contributed by atoms with E-state index in [1.165, 1.54) is 0 Å². The molecule has 0 aromatic carbocycles. The van der Waals surface area contributed by atoms with Crippen LogP contribution >= 0.6 is 0 Å². The second-order valence-electron chi connectivity index (χ2n) is 3.49. The summed E-state index contributed by atoms with van der Waals surface area (Å²) in [5.74, 6) is 3.33. The topological polar surface area (TPSA) is 26.0 Å². The van der Waals surface area contributed by atoms with Crippen molar-refractivity contribution < 1.29 is 0 Å². The first-order valence-electron chi connectivity index (χ1n) is 4.36. The third-order valence-electron chi connectivity index (χ3n) is 1.67. The summed E-state index contributed by atoms with van der Waals surface area (Å²) in [6, 6.07) is 0.350. The summed E-state index contributed by atoms with van der Waals surface area (Å²) in [5, 5.41) is 0. The minimum absolute atomic E-state index is 0.350. The van der Waals surface area contributed by atoms with Crippen LogP contribution in [-0.4, -0.2) is 6.04 Å². The van der Waals surface area contributed by atoms with Crippen LogP contribution < -0.4 is 5.73 Å². The summed E-state index contributed by atoms with van der Waals surface area (Å²) >= 11 is 0. The van der Waals surface area contributed by atoms with E-state index in [0.29, 0.717) is 12.0 Å². The molecule has 1 heteroatoms. The van der Waals surface area contributed by atoms with Crippen molar-refractivity contribution in [2.24, 2.45) is 11.7 Å². The molecule has 11 heavy (non-hydrogen) atoms. The standard InChI is InChI=1S/C10H19N/c1-4-5-6-7-10(11)8-9(2)3/h1,9-10H,5-8,11H2,2-3H3. The zero-order chi connectivity index (χ0) is 8.69. The van der Waals surface area contributed by atoms with Crippen molar-refractivity contribution in [3.8, 4) is 12.3 Å². The molecule has 0 bridgehead atoms. The van der Waals surface area contributed by atoms with E-state index in [4.69, 9.17) is 12.2 Å². The lowest BCUT2D eigenvalue weighted by Crippen LogP contribution is -2.21. The van der Waals surface area contributed by atoms with Gasteiger partial charge in [0.2, 0.25) is 0 Å². The quantitative estimate of drug-likeness (QED) is 0.475. The van der Waals surface area contributed by atoms with Crippen LogP contribution in [0.3, 0.4) is 0 Å². The highest BCUT2D eigenvalue weighted by Gasteiger charge is 2.03. The van der Waals surface area contributed by atoms with Gasteiger partial charge < -0.3 is 5.73 Å². The summed E-state index contributed by atoms with van der Waals surface area (Å²) in [6.07, 6.45) is 9.25. The van der Waals surface area contributed by atoms with E-state index < -0.39 is 0 Å². The second kappa shape index (κ2) is 6.24. The van der Waals surface area contributed by atoms with E-state index in [1.807, 2.05) is 0 Å². The first kappa shape index (κ1) is 10.5. The Balaban J connectivity index is 3.24. The van der Waals surface area contributed by atoms with Gasteiger partial charge in [0.1, 0.15) is 0 Å². The van der Waals surface area contributed by atoms with Crippen molar-refractivity contribution in [1.29, 1.82) is 0 Å². The first-order chi connectivity index (χ1) is 5.16. The van der Waals surface area contributed by atoms with Crippen molar-refractivity contribution in [2.45, 2.75) is 45.6 Å². The smallest absolute Gasteiger partial charge is 0.00866 e. The molecule has 0 saturated heterocycles. The largest absolute Gasteiger partial charge is 0.328 e. The maximum Gasteiger partial charge on any atom is 0.00866 e. The molecule has 0 saturated carbocycles. The Morgan fingerprint density at radius 3 is 2.55 bits per heavy atom. The summed E-state index contributed by atoms with van der Waals surface area (Å²) in [6.45, 7) is 4.39. The van der Waals surface area contributed by atoms with E-state index in [2.05, 4.69) is 19.8 Å². The Morgan fingerprint density at radius 2 is 2.09 bits per heavy atom. The Hall–Kier alpha value is -0.480. The van der Waals surface area contributed by atoms with Crippen molar-refractivity contribution in [2.75, 3.05) is 0 Å². The van der Waals surface area contributed by atoms with Crippen LogP contribution in [0.15, 0.2) is 0 Å². The van der Waals surface area contributed by atoms with Gasteiger partial charge in [0.05, 0.1) is 0 Å². The molecule has 0 spiro atoms. The minimum atomic E-state index is 0.350. The van der Waals surface area contributed by atoms with E-state index in [1.54, 1.807) is 0 Å². The molecular formula is C10H19N. The lowest BCUT2D eigenvalue weighted by molar-refractivity contribution is 0.465. The van der Waals surface area contributed by atoms with Gasteiger partial charge in [0, 0.05) is 12.5 Å². The lowest BCUT2D eigenvalue weighted by Gasteiger charge is -2.12. The van der Waals surface area contributed by atoms with Crippen LogP contribution in [0.4, 0.5) is 0 Å². The third kappa shape index (κ3) is 7.42. The molecule has 0 amide bonds. The molecule has 0 heterocycles. The van der Waals surface area contributed by atoms with Crippen molar-refractivity contribution in [3.05, 3.63) is 0 Å². The van der Waals surface area contributed by atoms with Gasteiger partial charge in [0.25, 0.3) is 0 Å². The molecule has 2 N–H and O–H groups in total. The van der Waals surface area contributed by atoms with Crippen LogP contribution in [0.2, 0.25) is 0 Å². The predicted molar refractivity (Wildman–Crippen MR) is 50.1 cm³/mol. The molecule has 0 rings (SSSR count). The molecule has 1 unspecified atom stereocenters. The number of rotatable bonds is 5. The average molecular weight is 153 g/mol. The van der Waals surface area contributed by atoms with Gasteiger partial charge in [-0.15, -0.1) is 12.3 Å². The summed E-state index contributed by atoms with van der Waals surface area (Å²) < 4.78 is 0. The Morgan fingerprint density at radius 1 is 1.45 bits per heavy atom. The zero-order valence-corrected chi connectivity index (χ0v) is 7.64. The van der Waals surface area contributed by atoms with E-state index >= 15 is 0 Å². The molecule has 0 aliphatic rings. The Kier molecular flexibility index (Phi) is 5.97. The zero-order valence-electron chi connectivity index (χ0n) is 7.64. The molecule has 0 radical (unpaired) electrons. The van der Waals surface area contributed by atoms with Crippen LogP contribution in [0.25, 0.3) is 0 Å². The molecule has 1 atom stereocenters. The fraction of sp³-hybridized carbons (Fsp3) is 0.800. The fourth-order valence-corrected chi connectivity index (χ4v) is 1.19. The molecule has 0 aromatic rings. The summed E-state index contributed by atoms with van der Waals surface area (Å²) in [7, 11) is 0. The van der Waals surface area contributed by atoms with Gasteiger partial charge in [-0.3, -0.25) is 0 Å². The van der Waals surface area contributed by atoms with Crippen LogP contribution in [0.1, 0.15) is 39.5 Å². The van der Waals surface area contributed by atoms with Gasteiger partial charge in [-0.25, -0.2) is 0 Å². The number of unbranched alkanes of at least 4 members (excludes halogenated alkanes) is 1. The highest BCUT2D eigenvalue weighted by atomic mass is 14.6. The number of hydrogen-bond donors (Lipinski definition) is 1. The Labute approximate surface area is 70.4 Å². The molecular weight excluding hydrogens is 134 g/mol. The summed E-state index contributed by atoms with van der Waals surface area (Å²) in [5.41, 5.74) is 5.85. The van der Waals surface area contributed by atoms with Crippen LogP contribution in [-0.2, 0) is 0 Å². The van der Waals surface area contributed by atoms with Crippen molar-refractivity contribution in [3.63, 3.8) is 0 Å². The number of hydrogen-bond acceptors (Lipinski definition) is 1. The van der Waals surface area contributed by atoms with Crippen molar-refractivity contribution in [1.82, 2.24) is 0 Å². The van der Waals surface area contributed by atoms with E-state index in [0.717, 1.165) is 25.7 Å². The molecule has 1 nitrogen and oxygen atoms in total. The summed E-state index contributed by atoms with van der Waals surface area (Å²) in [4.78, 5) is 0. The second-order valence-corrected chi connectivity index (χ2v) is 3.49. The van der Waals surface area contributed by atoms with Gasteiger partial charge >= 0.3 is 0 Å². The molecule has 0 aromatic heterocycles. The van der Waals surface area contributed by atoms with Crippen LogP contribution in [0.5, 0.6) is 0 Å². The SMILES string of the molecule is C#CCCCC(N)CC(C)C. The van der Waals surface area contributed by atoms with Gasteiger partial charge in [-0.2, -0.15) is 0 Å². The maximum atomic E-state index is 5.85. The van der Waals surface area contributed by atoms with Gasteiger partial charge in [0.15, 0.2) is 0 Å². The monoisotopic (exact) mass is 153 g/mol. The molecule has 0 fully saturated rings. The fourth-order valence-electron chi connectivity index (χ4n) is 1.19. The van der Waals surface area contributed by atoms with Gasteiger partial charge in [-0.05, 0) is 25.2 Å². The normalized spacial score (nSPS) is 13.0. The van der Waals surface area contributed by atoms with E-state index in [-0.39, 0.29) is 0 Å². The average Bonchev–Trinajstić information content (AvgIpc) is 1.86. The maximum absolute atomic E-state index is 5.85. The third-order valence-corrected chi connectivity index (χ3v) is 1.67. The first-order valence-corrected chi connectivity index (χ1v) is 4.36. The molecule has 0 aliphatic carbocycles. The van der Waals surface area contributed by atoms with Crippen LogP contribution in [0, 0.1) is 18.3 Å². The Bertz CT molecular complexity index is 121. The van der Waals surface area contributed by atoms with Crippen molar-refractivity contribution >= 4 is 0 Å². The number of terminal acetylenes is 1. The predicted octanol–water partition coefficient (Wildman–Crippen LogP) is 2.16. The minimum Gasteiger partial charge on any atom is -0.328 e. The van der Waals surface area contributed by atoms with E-state index in [9.17, 15) is 0 Å². The lowest BCUT2D eigenvalue weighted by atomic mass is 10.00. The number of nitrogens with two attached hydrogens (primary N) is 1. The highest BCUT2D eigenvalue weighted by Crippen LogP contribution is 2.08.